The second-order valence-corrected chi connectivity index (χ2v) is 6.53. The Bertz CT molecular complexity index is 741. The summed E-state index contributed by atoms with van der Waals surface area (Å²) >= 11 is 4.99. The van der Waals surface area contributed by atoms with Gasteiger partial charge in [0.1, 0.15) is 0 Å². The van der Waals surface area contributed by atoms with Crippen LogP contribution < -0.4 is 5.73 Å². The fourth-order valence-corrected chi connectivity index (χ4v) is 3.12. The molecule has 1 aromatic carbocycles. The summed E-state index contributed by atoms with van der Waals surface area (Å²) in [4.78, 5) is 0. The summed E-state index contributed by atoms with van der Waals surface area (Å²) in [7, 11) is 0. The van der Waals surface area contributed by atoms with Gasteiger partial charge in [0.15, 0.2) is 15.6 Å². The smallest absolute Gasteiger partial charge is 0.200 e. The van der Waals surface area contributed by atoms with Crippen LogP contribution in [0.4, 0.5) is 0 Å². The van der Waals surface area contributed by atoms with Crippen LogP contribution in [-0.4, -0.2) is 27.1 Å². The normalized spacial score (nSPS) is 11.0. The summed E-state index contributed by atoms with van der Waals surface area (Å²) in [6, 6.07) is 14.0. The molecule has 114 valence electrons. The summed E-state index contributed by atoms with van der Waals surface area (Å²) < 4.78 is 8.41. The standard InChI is InChI=1S/C15H15BrN4OS/c16-13-7-6-12(21-13)14-18-19-15(22-9-8-17)20(14)10-11-4-2-1-3-5-11/h1-7H,8-10,17H2/p+1. The number of quaternary nitrogens is 1. The van der Waals surface area contributed by atoms with Gasteiger partial charge in [0.2, 0.25) is 5.82 Å². The Morgan fingerprint density at radius 1 is 1.14 bits per heavy atom. The minimum Gasteiger partial charge on any atom is -0.446 e. The Morgan fingerprint density at radius 3 is 2.64 bits per heavy atom. The maximum atomic E-state index is 5.64. The molecule has 0 amide bonds. The van der Waals surface area contributed by atoms with Gasteiger partial charge in [-0.05, 0) is 33.6 Å². The van der Waals surface area contributed by atoms with Gasteiger partial charge in [-0.25, -0.2) is 0 Å². The molecule has 3 aromatic rings. The van der Waals surface area contributed by atoms with Crippen molar-refractivity contribution in [3.63, 3.8) is 0 Å². The molecule has 0 unspecified atom stereocenters. The Labute approximate surface area is 141 Å². The summed E-state index contributed by atoms with van der Waals surface area (Å²) in [5.74, 6) is 2.35. The highest BCUT2D eigenvalue weighted by atomic mass is 79.9. The molecule has 0 atom stereocenters. The number of thioether (sulfide) groups is 1. The molecule has 0 saturated carbocycles. The van der Waals surface area contributed by atoms with E-state index in [1.807, 2.05) is 30.3 Å². The van der Waals surface area contributed by atoms with Gasteiger partial charge in [0.25, 0.3) is 0 Å². The number of benzene rings is 1. The highest BCUT2D eigenvalue weighted by Crippen LogP contribution is 2.27. The van der Waals surface area contributed by atoms with Crippen LogP contribution in [0.1, 0.15) is 5.56 Å². The minimum atomic E-state index is 0.684. The molecule has 3 rings (SSSR count). The number of hydrogen-bond donors (Lipinski definition) is 1. The van der Waals surface area contributed by atoms with E-state index in [-0.39, 0.29) is 0 Å². The van der Waals surface area contributed by atoms with Crippen molar-refractivity contribution in [2.75, 3.05) is 12.3 Å². The van der Waals surface area contributed by atoms with Crippen LogP contribution in [0.15, 0.2) is 56.7 Å². The average Bonchev–Trinajstić information content (AvgIpc) is 3.13. The molecule has 22 heavy (non-hydrogen) atoms. The van der Waals surface area contributed by atoms with Crippen molar-refractivity contribution >= 4 is 27.7 Å². The average molecular weight is 380 g/mol. The van der Waals surface area contributed by atoms with Crippen LogP contribution in [0.2, 0.25) is 0 Å². The lowest BCUT2D eigenvalue weighted by Gasteiger charge is -2.08. The molecule has 2 heterocycles. The molecule has 5 nitrogen and oxygen atoms in total. The molecular weight excluding hydrogens is 364 g/mol. The van der Waals surface area contributed by atoms with Gasteiger partial charge in [-0.15, -0.1) is 10.2 Å². The number of rotatable bonds is 6. The molecule has 0 aliphatic rings. The van der Waals surface area contributed by atoms with E-state index in [0.717, 1.165) is 23.3 Å². The van der Waals surface area contributed by atoms with Crippen LogP contribution in [0.5, 0.6) is 0 Å². The maximum absolute atomic E-state index is 5.64. The second kappa shape index (κ2) is 7.13. The van der Waals surface area contributed by atoms with Gasteiger partial charge in [0.05, 0.1) is 18.8 Å². The first kappa shape index (κ1) is 15.3. The van der Waals surface area contributed by atoms with Crippen LogP contribution in [-0.2, 0) is 6.54 Å². The van der Waals surface area contributed by atoms with Gasteiger partial charge in [-0.3, -0.25) is 4.57 Å². The third kappa shape index (κ3) is 3.43. The molecule has 0 aliphatic carbocycles. The van der Waals surface area contributed by atoms with E-state index in [0.29, 0.717) is 17.0 Å². The van der Waals surface area contributed by atoms with Crippen LogP contribution >= 0.6 is 27.7 Å². The zero-order valence-electron chi connectivity index (χ0n) is 11.9. The predicted octanol–water partition coefficient (Wildman–Crippen LogP) is 2.68. The van der Waals surface area contributed by atoms with Crippen molar-refractivity contribution in [1.82, 2.24) is 14.8 Å². The molecule has 0 radical (unpaired) electrons. The second-order valence-electron chi connectivity index (χ2n) is 4.68. The van der Waals surface area contributed by atoms with E-state index >= 15 is 0 Å². The maximum Gasteiger partial charge on any atom is 0.200 e. The number of halogens is 1. The van der Waals surface area contributed by atoms with Gasteiger partial charge < -0.3 is 10.2 Å². The number of aromatic nitrogens is 3. The highest BCUT2D eigenvalue weighted by Gasteiger charge is 2.17. The Hall–Kier alpha value is -1.57. The Balaban J connectivity index is 1.97. The predicted molar refractivity (Wildman–Crippen MR) is 89.4 cm³/mol. The Morgan fingerprint density at radius 2 is 1.95 bits per heavy atom. The minimum absolute atomic E-state index is 0.684. The quantitative estimate of drug-likeness (QED) is 0.668. The Kier molecular flexibility index (Phi) is 4.97. The van der Waals surface area contributed by atoms with Crippen molar-refractivity contribution in [3.05, 3.63) is 52.7 Å². The SMILES string of the molecule is [NH3+]CCSc1nnc(-c2ccc(Br)o2)n1Cc1ccccc1. The molecular formula is C15H16BrN4OS+. The summed E-state index contributed by atoms with van der Waals surface area (Å²) in [6.45, 7) is 1.56. The van der Waals surface area contributed by atoms with E-state index in [4.69, 9.17) is 4.42 Å². The fourth-order valence-electron chi connectivity index (χ4n) is 2.08. The molecule has 0 spiro atoms. The first-order chi connectivity index (χ1) is 10.8. The summed E-state index contributed by atoms with van der Waals surface area (Å²) in [6.07, 6.45) is 0. The summed E-state index contributed by atoms with van der Waals surface area (Å²) in [5, 5.41) is 9.50. The number of furan rings is 1. The van der Waals surface area contributed by atoms with Gasteiger partial charge in [-0.2, -0.15) is 0 Å². The topological polar surface area (TPSA) is 71.5 Å². The van der Waals surface area contributed by atoms with Crippen LogP contribution in [0.25, 0.3) is 11.6 Å². The molecule has 7 heteroatoms. The molecule has 2 aromatic heterocycles. The van der Waals surface area contributed by atoms with Crippen molar-refractivity contribution in [3.8, 4) is 11.6 Å². The van der Waals surface area contributed by atoms with Crippen LogP contribution in [0.3, 0.4) is 0 Å². The van der Waals surface area contributed by atoms with Crippen molar-refractivity contribution in [2.45, 2.75) is 11.7 Å². The third-order valence-corrected chi connectivity index (χ3v) is 4.55. The van der Waals surface area contributed by atoms with E-state index in [2.05, 4.69) is 48.6 Å². The lowest BCUT2D eigenvalue weighted by atomic mass is 10.2. The van der Waals surface area contributed by atoms with Gasteiger partial charge in [-0.1, -0.05) is 42.1 Å². The van der Waals surface area contributed by atoms with Gasteiger partial charge in [0, 0.05) is 0 Å². The molecule has 0 bridgehead atoms. The first-order valence-electron chi connectivity index (χ1n) is 6.93. The number of hydrogen-bond acceptors (Lipinski definition) is 4. The molecule has 0 saturated heterocycles. The lowest BCUT2D eigenvalue weighted by Crippen LogP contribution is -2.51. The molecule has 0 fully saturated rings. The largest absolute Gasteiger partial charge is 0.446 e. The first-order valence-corrected chi connectivity index (χ1v) is 8.70. The van der Waals surface area contributed by atoms with E-state index in [9.17, 15) is 0 Å². The number of nitrogens with zero attached hydrogens (tertiary/aromatic N) is 3. The van der Waals surface area contributed by atoms with Crippen LogP contribution in [0, 0.1) is 0 Å². The zero-order valence-corrected chi connectivity index (χ0v) is 14.3. The lowest BCUT2D eigenvalue weighted by molar-refractivity contribution is -0.360. The van der Waals surface area contributed by atoms with E-state index in [1.54, 1.807) is 11.8 Å². The molecule has 0 aliphatic heterocycles. The van der Waals surface area contributed by atoms with E-state index < -0.39 is 0 Å². The zero-order chi connectivity index (χ0) is 15.4. The van der Waals surface area contributed by atoms with Crippen molar-refractivity contribution < 1.29 is 10.2 Å². The van der Waals surface area contributed by atoms with Crippen molar-refractivity contribution in [2.24, 2.45) is 0 Å². The van der Waals surface area contributed by atoms with Crippen molar-refractivity contribution in [1.29, 1.82) is 0 Å². The summed E-state index contributed by atoms with van der Waals surface area (Å²) in [5.41, 5.74) is 5.08. The van der Waals surface area contributed by atoms with Gasteiger partial charge >= 0.3 is 0 Å². The third-order valence-electron chi connectivity index (χ3n) is 3.07. The highest BCUT2D eigenvalue weighted by molar-refractivity contribution is 9.10. The molecule has 3 N–H and O–H groups in total. The van der Waals surface area contributed by atoms with E-state index in [1.165, 1.54) is 5.56 Å². The fraction of sp³-hybridized carbons (Fsp3) is 0.200. The monoisotopic (exact) mass is 379 g/mol.